The van der Waals surface area contributed by atoms with Crippen LogP contribution < -0.4 is 5.32 Å². The van der Waals surface area contributed by atoms with Gasteiger partial charge in [0.2, 0.25) is 0 Å². The summed E-state index contributed by atoms with van der Waals surface area (Å²) in [6.07, 6.45) is 4.43. The lowest BCUT2D eigenvalue weighted by atomic mass is 9.94. The van der Waals surface area contributed by atoms with Crippen LogP contribution in [0.5, 0.6) is 0 Å². The van der Waals surface area contributed by atoms with E-state index in [-0.39, 0.29) is 0 Å². The lowest BCUT2D eigenvalue weighted by Crippen LogP contribution is -2.53. The third-order valence-electron chi connectivity index (χ3n) is 4.95. The molecule has 0 saturated carbocycles. The molecule has 0 bridgehead atoms. The van der Waals surface area contributed by atoms with Crippen LogP contribution in [0.25, 0.3) is 0 Å². The first-order valence-electron chi connectivity index (χ1n) is 8.33. The van der Waals surface area contributed by atoms with Crippen molar-refractivity contribution in [2.24, 2.45) is 0 Å². The van der Waals surface area contributed by atoms with Crippen LogP contribution in [0, 0.1) is 0 Å². The maximum absolute atomic E-state index is 5.91. The Kier molecular flexibility index (Phi) is 4.63. The van der Waals surface area contributed by atoms with E-state index >= 15 is 0 Å². The summed E-state index contributed by atoms with van der Waals surface area (Å²) in [6.45, 7) is 6.49. The highest BCUT2D eigenvalue weighted by atomic mass is 16.5. The Labute approximate surface area is 128 Å². The van der Waals surface area contributed by atoms with Gasteiger partial charge in [-0.05, 0) is 51.3 Å². The fourth-order valence-corrected chi connectivity index (χ4v) is 4.17. The summed E-state index contributed by atoms with van der Waals surface area (Å²) in [7, 11) is 2.10. The molecule has 3 rings (SSSR count). The zero-order chi connectivity index (χ0) is 14.8. The van der Waals surface area contributed by atoms with Gasteiger partial charge in [0.15, 0.2) is 0 Å². The van der Waals surface area contributed by atoms with Crippen LogP contribution >= 0.6 is 0 Å². The van der Waals surface area contributed by atoms with E-state index in [9.17, 15) is 0 Å². The van der Waals surface area contributed by atoms with Crippen molar-refractivity contribution in [2.45, 2.75) is 57.4 Å². The summed E-state index contributed by atoms with van der Waals surface area (Å²) in [6, 6.07) is 9.96. The highest BCUT2D eigenvalue weighted by molar-refractivity contribution is 5.32. The number of morpholine rings is 1. The van der Waals surface area contributed by atoms with Crippen LogP contribution in [-0.4, -0.2) is 43.3 Å². The number of benzene rings is 1. The molecule has 0 spiro atoms. The molecule has 1 heterocycles. The van der Waals surface area contributed by atoms with Gasteiger partial charge >= 0.3 is 0 Å². The zero-order valence-electron chi connectivity index (χ0n) is 13.5. The van der Waals surface area contributed by atoms with Crippen LogP contribution in [0.2, 0.25) is 0 Å². The Balaban J connectivity index is 1.87. The summed E-state index contributed by atoms with van der Waals surface area (Å²) in [5, 5.41) is 3.59. The summed E-state index contributed by atoms with van der Waals surface area (Å²) in [5.74, 6) is 0. The maximum Gasteiger partial charge on any atom is 0.0678 e. The molecule has 2 aliphatic rings. The first-order chi connectivity index (χ1) is 10.2. The lowest BCUT2D eigenvalue weighted by molar-refractivity contribution is -0.0851. The molecule has 1 aliphatic heterocycles. The van der Waals surface area contributed by atoms with E-state index in [2.05, 4.69) is 55.4 Å². The third-order valence-corrected chi connectivity index (χ3v) is 4.95. The number of likely N-dealkylation sites (N-methyl/N-ethyl adjacent to an activating group) is 1. The molecule has 1 N–H and O–H groups in total. The van der Waals surface area contributed by atoms with Crippen LogP contribution in [0.3, 0.4) is 0 Å². The molecule has 3 heteroatoms. The van der Waals surface area contributed by atoms with Gasteiger partial charge in [0.25, 0.3) is 0 Å². The minimum Gasteiger partial charge on any atom is -0.373 e. The molecule has 0 amide bonds. The van der Waals surface area contributed by atoms with Crippen molar-refractivity contribution in [1.29, 1.82) is 0 Å². The smallest absolute Gasteiger partial charge is 0.0678 e. The number of hydrogen-bond donors (Lipinski definition) is 1. The Morgan fingerprint density at radius 3 is 2.57 bits per heavy atom. The summed E-state index contributed by atoms with van der Waals surface area (Å²) >= 11 is 0. The average Bonchev–Trinajstić information content (AvgIpc) is 2.65. The number of nitrogens with zero attached hydrogens (tertiary/aromatic N) is 1. The molecule has 1 fully saturated rings. The van der Waals surface area contributed by atoms with Gasteiger partial charge in [0, 0.05) is 25.2 Å². The second kappa shape index (κ2) is 6.47. The largest absolute Gasteiger partial charge is 0.373 e. The Hall–Kier alpha value is -0.900. The molecule has 2 unspecified atom stereocenters. The normalized spacial score (nSPS) is 34.2. The van der Waals surface area contributed by atoms with E-state index in [4.69, 9.17) is 4.74 Å². The second-order valence-electron chi connectivity index (χ2n) is 6.64. The van der Waals surface area contributed by atoms with Crippen molar-refractivity contribution in [1.82, 2.24) is 10.2 Å². The zero-order valence-corrected chi connectivity index (χ0v) is 13.5. The van der Waals surface area contributed by atoms with Gasteiger partial charge in [-0.25, -0.2) is 0 Å². The van der Waals surface area contributed by atoms with E-state index in [1.54, 1.807) is 0 Å². The molecule has 1 aromatic carbocycles. The first-order valence-corrected chi connectivity index (χ1v) is 8.33. The Morgan fingerprint density at radius 2 is 1.86 bits per heavy atom. The molecular weight excluding hydrogens is 260 g/mol. The number of fused-ring (bicyclic) bond motifs is 1. The molecule has 0 aromatic heterocycles. The van der Waals surface area contributed by atoms with Crippen LogP contribution in [0.15, 0.2) is 24.3 Å². The van der Waals surface area contributed by atoms with Crippen LogP contribution in [-0.2, 0) is 11.2 Å². The maximum atomic E-state index is 5.91. The summed E-state index contributed by atoms with van der Waals surface area (Å²) < 4.78 is 5.91. The van der Waals surface area contributed by atoms with Gasteiger partial charge in [0.05, 0.1) is 12.2 Å². The van der Waals surface area contributed by atoms with E-state index in [0.717, 1.165) is 13.1 Å². The first kappa shape index (κ1) is 15.0. The highest BCUT2D eigenvalue weighted by Crippen LogP contribution is 2.33. The van der Waals surface area contributed by atoms with Crippen molar-refractivity contribution >= 4 is 0 Å². The van der Waals surface area contributed by atoms with Crippen molar-refractivity contribution in [3.8, 4) is 0 Å². The Morgan fingerprint density at radius 1 is 1.14 bits per heavy atom. The minimum atomic E-state index is 0.338. The third kappa shape index (κ3) is 3.15. The van der Waals surface area contributed by atoms with Crippen LogP contribution in [0.4, 0.5) is 0 Å². The minimum absolute atomic E-state index is 0.338. The fourth-order valence-electron chi connectivity index (χ4n) is 4.17. The number of aryl methyl sites for hydroxylation is 1. The number of rotatable bonds is 2. The molecule has 21 heavy (non-hydrogen) atoms. The van der Waals surface area contributed by atoms with E-state index < -0.39 is 0 Å². The average molecular weight is 288 g/mol. The predicted molar refractivity (Wildman–Crippen MR) is 86.6 cm³/mol. The molecular formula is C18H28N2O. The van der Waals surface area contributed by atoms with Gasteiger partial charge < -0.3 is 10.1 Å². The van der Waals surface area contributed by atoms with Gasteiger partial charge in [-0.15, -0.1) is 0 Å². The monoisotopic (exact) mass is 288 g/mol. The topological polar surface area (TPSA) is 24.5 Å². The summed E-state index contributed by atoms with van der Waals surface area (Å²) in [4.78, 5) is 2.65. The number of hydrogen-bond acceptors (Lipinski definition) is 3. The van der Waals surface area contributed by atoms with Gasteiger partial charge in [0.1, 0.15) is 0 Å². The predicted octanol–water partition coefficient (Wildman–Crippen LogP) is 2.76. The molecule has 1 aromatic rings. The Bertz CT molecular complexity index is 466. The van der Waals surface area contributed by atoms with Gasteiger partial charge in [-0.1, -0.05) is 24.3 Å². The number of ether oxygens (including phenoxy) is 1. The molecule has 1 aliphatic carbocycles. The van der Waals surface area contributed by atoms with E-state index in [0.29, 0.717) is 24.3 Å². The van der Waals surface area contributed by atoms with Gasteiger partial charge in [-0.3, -0.25) is 4.90 Å². The lowest BCUT2D eigenvalue weighted by Gasteiger charge is -2.43. The quantitative estimate of drug-likeness (QED) is 0.847. The SMILES string of the molecule is CNC1c2ccccc2CCCC1N1C[C@@H](C)O[C@@H](C)C1. The molecule has 1 saturated heterocycles. The van der Waals surface area contributed by atoms with Crippen molar-refractivity contribution in [3.05, 3.63) is 35.4 Å². The standard InChI is InChI=1S/C18H28N2O/c1-13-11-20(12-14(2)21-13)17-10-6-8-15-7-4-5-9-16(15)18(17)19-3/h4-5,7,9,13-14,17-19H,6,8,10-12H2,1-3H3/t13-,14+,17?,18?. The summed E-state index contributed by atoms with van der Waals surface area (Å²) in [5.41, 5.74) is 3.02. The molecule has 116 valence electrons. The number of nitrogens with one attached hydrogen (secondary N) is 1. The van der Waals surface area contributed by atoms with Crippen molar-refractivity contribution < 1.29 is 4.74 Å². The molecule has 4 atom stereocenters. The molecule has 3 nitrogen and oxygen atoms in total. The van der Waals surface area contributed by atoms with Gasteiger partial charge in [-0.2, -0.15) is 0 Å². The second-order valence-corrected chi connectivity index (χ2v) is 6.64. The van der Waals surface area contributed by atoms with E-state index in [1.165, 1.54) is 30.4 Å². The van der Waals surface area contributed by atoms with E-state index in [1.807, 2.05) is 0 Å². The fraction of sp³-hybridized carbons (Fsp3) is 0.667. The van der Waals surface area contributed by atoms with Crippen molar-refractivity contribution in [3.63, 3.8) is 0 Å². The highest BCUT2D eigenvalue weighted by Gasteiger charge is 2.34. The van der Waals surface area contributed by atoms with Crippen molar-refractivity contribution in [2.75, 3.05) is 20.1 Å². The molecule has 0 radical (unpaired) electrons. The van der Waals surface area contributed by atoms with Crippen LogP contribution in [0.1, 0.15) is 43.9 Å².